The summed E-state index contributed by atoms with van der Waals surface area (Å²) in [6.45, 7) is 1.03. The van der Waals surface area contributed by atoms with Gasteiger partial charge < -0.3 is 5.73 Å². The first-order valence-electron chi connectivity index (χ1n) is 6.45. The highest BCUT2D eigenvalue weighted by atomic mass is 35.5. The fourth-order valence-corrected chi connectivity index (χ4v) is 4.09. The zero-order valence-electron chi connectivity index (χ0n) is 10.8. The van der Waals surface area contributed by atoms with Crippen LogP contribution in [0.15, 0.2) is 24.3 Å². The maximum Gasteiger partial charge on any atom is 0.214 e. The highest BCUT2D eigenvalue weighted by Crippen LogP contribution is 2.16. The minimum absolute atomic E-state index is 0.0327. The van der Waals surface area contributed by atoms with E-state index in [4.69, 9.17) is 17.3 Å². The van der Waals surface area contributed by atoms with Crippen LogP contribution in [-0.2, 0) is 16.4 Å². The van der Waals surface area contributed by atoms with E-state index >= 15 is 0 Å². The molecule has 19 heavy (non-hydrogen) atoms. The summed E-state index contributed by atoms with van der Waals surface area (Å²) in [4.78, 5) is 0. The van der Waals surface area contributed by atoms with E-state index in [-0.39, 0.29) is 11.8 Å². The fourth-order valence-electron chi connectivity index (χ4n) is 2.30. The zero-order chi connectivity index (χ0) is 13.9. The number of benzene rings is 1. The zero-order valence-corrected chi connectivity index (χ0v) is 12.3. The number of sulfonamides is 1. The number of halogens is 1. The van der Waals surface area contributed by atoms with Crippen molar-refractivity contribution in [2.45, 2.75) is 25.3 Å². The Kier molecular flexibility index (Phi) is 4.84. The Hall–Kier alpha value is -0.620. The number of nitrogens with zero attached hydrogens (tertiary/aromatic N) is 1. The molecule has 1 saturated heterocycles. The summed E-state index contributed by atoms with van der Waals surface area (Å²) in [5, 5.41) is 0.634. The van der Waals surface area contributed by atoms with Gasteiger partial charge in [-0.25, -0.2) is 12.7 Å². The molecule has 1 fully saturated rings. The van der Waals surface area contributed by atoms with Crippen molar-refractivity contribution in [1.29, 1.82) is 0 Å². The Morgan fingerprint density at radius 2 is 2.21 bits per heavy atom. The SMILES string of the molecule is NC1CCCN(S(=O)(=O)CCc2cccc(Cl)c2)C1. The minimum atomic E-state index is -3.22. The molecule has 0 spiro atoms. The predicted octanol–water partition coefficient (Wildman–Crippen LogP) is 1.64. The van der Waals surface area contributed by atoms with E-state index in [0.29, 0.717) is 24.5 Å². The molecule has 0 saturated carbocycles. The van der Waals surface area contributed by atoms with E-state index in [1.54, 1.807) is 12.1 Å². The molecule has 0 bridgehead atoms. The maximum absolute atomic E-state index is 12.2. The Labute approximate surface area is 119 Å². The molecule has 1 aromatic carbocycles. The summed E-state index contributed by atoms with van der Waals surface area (Å²) in [5.74, 6) is 0.111. The molecule has 0 radical (unpaired) electrons. The van der Waals surface area contributed by atoms with E-state index in [2.05, 4.69) is 0 Å². The Balaban J connectivity index is 1.97. The summed E-state index contributed by atoms with van der Waals surface area (Å²) in [6.07, 6.45) is 2.23. The predicted molar refractivity (Wildman–Crippen MR) is 77.7 cm³/mol. The maximum atomic E-state index is 12.2. The van der Waals surface area contributed by atoms with Gasteiger partial charge in [0.15, 0.2) is 0 Å². The normalized spacial score (nSPS) is 21.5. The number of nitrogens with two attached hydrogens (primary N) is 1. The second-order valence-corrected chi connectivity index (χ2v) is 7.48. The second-order valence-electron chi connectivity index (χ2n) is 4.96. The van der Waals surface area contributed by atoms with Gasteiger partial charge in [0, 0.05) is 24.2 Å². The highest BCUT2D eigenvalue weighted by molar-refractivity contribution is 7.89. The van der Waals surface area contributed by atoms with E-state index in [1.807, 2.05) is 12.1 Å². The Bertz CT molecular complexity index is 533. The average molecular weight is 303 g/mol. The smallest absolute Gasteiger partial charge is 0.214 e. The first-order chi connectivity index (χ1) is 8.97. The quantitative estimate of drug-likeness (QED) is 0.919. The third-order valence-corrected chi connectivity index (χ3v) is 5.43. The number of hydrogen-bond donors (Lipinski definition) is 1. The van der Waals surface area contributed by atoms with Gasteiger partial charge in [0.05, 0.1) is 5.75 Å². The number of rotatable bonds is 4. The third-order valence-electron chi connectivity index (χ3n) is 3.35. The molecule has 0 aromatic heterocycles. The number of piperidine rings is 1. The van der Waals surface area contributed by atoms with E-state index in [9.17, 15) is 8.42 Å². The van der Waals surface area contributed by atoms with Crippen molar-refractivity contribution < 1.29 is 8.42 Å². The lowest BCUT2D eigenvalue weighted by Gasteiger charge is -2.29. The van der Waals surface area contributed by atoms with Gasteiger partial charge in [-0.1, -0.05) is 23.7 Å². The van der Waals surface area contributed by atoms with Crippen molar-refractivity contribution in [1.82, 2.24) is 4.31 Å². The van der Waals surface area contributed by atoms with Crippen molar-refractivity contribution in [3.05, 3.63) is 34.9 Å². The van der Waals surface area contributed by atoms with Crippen LogP contribution in [0.4, 0.5) is 0 Å². The lowest BCUT2D eigenvalue weighted by Crippen LogP contribution is -2.46. The van der Waals surface area contributed by atoms with Crippen molar-refractivity contribution in [3.63, 3.8) is 0 Å². The topological polar surface area (TPSA) is 63.4 Å². The summed E-state index contributed by atoms with van der Waals surface area (Å²) < 4.78 is 26.0. The van der Waals surface area contributed by atoms with E-state index in [1.165, 1.54) is 4.31 Å². The van der Waals surface area contributed by atoms with Crippen LogP contribution >= 0.6 is 11.6 Å². The summed E-state index contributed by atoms with van der Waals surface area (Å²) in [5.41, 5.74) is 6.77. The van der Waals surface area contributed by atoms with Gasteiger partial charge >= 0.3 is 0 Å². The Morgan fingerprint density at radius 3 is 2.89 bits per heavy atom. The van der Waals surface area contributed by atoms with E-state index in [0.717, 1.165) is 18.4 Å². The van der Waals surface area contributed by atoms with Gasteiger partial charge in [-0.15, -0.1) is 0 Å². The van der Waals surface area contributed by atoms with Crippen molar-refractivity contribution >= 4 is 21.6 Å². The average Bonchev–Trinajstić information content (AvgIpc) is 2.37. The van der Waals surface area contributed by atoms with Crippen LogP contribution < -0.4 is 5.73 Å². The van der Waals surface area contributed by atoms with Crippen molar-refractivity contribution in [3.8, 4) is 0 Å². The summed E-state index contributed by atoms with van der Waals surface area (Å²) >= 11 is 5.89. The molecule has 0 aliphatic carbocycles. The standard InChI is InChI=1S/C13H19ClN2O2S/c14-12-4-1-3-11(9-12)6-8-19(17,18)16-7-2-5-13(15)10-16/h1,3-4,9,13H,2,5-8,10,15H2. The number of hydrogen-bond acceptors (Lipinski definition) is 3. The molecule has 2 N–H and O–H groups in total. The van der Waals surface area contributed by atoms with Gasteiger partial charge in [0.25, 0.3) is 0 Å². The van der Waals surface area contributed by atoms with Gasteiger partial charge in [0.1, 0.15) is 0 Å². The van der Waals surface area contributed by atoms with Gasteiger partial charge in [0.2, 0.25) is 10.0 Å². The van der Waals surface area contributed by atoms with Crippen molar-refractivity contribution in [2.75, 3.05) is 18.8 Å². The fraction of sp³-hybridized carbons (Fsp3) is 0.538. The molecule has 1 heterocycles. The third kappa shape index (κ3) is 4.18. The van der Waals surface area contributed by atoms with Crippen LogP contribution in [0, 0.1) is 0 Å². The van der Waals surface area contributed by atoms with Crippen LogP contribution in [0.1, 0.15) is 18.4 Å². The van der Waals surface area contributed by atoms with E-state index < -0.39 is 10.0 Å². The van der Waals surface area contributed by atoms with Gasteiger partial charge in [-0.05, 0) is 37.0 Å². The molecule has 6 heteroatoms. The largest absolute Gasteiger partial charge is 0.327 e. The lowest BCUT2D eigenvalue weighted by molar-refractivity contribution is 0.316. The first kappa shape index (κ1) is 14.8. The molecule has 1 aliphatic heterocycles. The van der Waals surface area contributed by atoms with Gasteiger partial charge in [-0.3, -0.25) is 0 Å². The monoisotopic (exact) mass is 302 g/mol. The lowest BCUT2D eigenvalue weighted by atomic mass is 10.1. The Morgan fingerprint density at radius 1 is 1.42 bits per heavy atom. The molecule has 1 aliphatic rings. The highest BCUT2D eigenvalue weighted by Gasteiger charge is 2.26. The van der Waals surface area contributed by atoms with Gasteiger partial charge in [-0.2, -0.15) is 0 Å². The molecule has 0 amide bonds. The number of aryl methyl sites for hydroxylation is 1. The molecule has 106 valence electrons. The van der Waals surface area contributed by atoms with Crippen LogP contribution in [0.2, 0.25) is 5.02 Å². The summed E-state index contributed by atoms with van der Waals surface area (Å²) in [7, 11) is -3.22. The van der Waals surface area contributed by atoms with Crippen LogP contribution in [0.3, 0.4) is 0 Å². The molecule has 1 unspecified atom stereocenters. The van der Waals surface area contributed by atoms with Crippen LogP contribution in [0.25, 0.3) is 0 Å². The van der Waals surface area contributed by atoms with Crippen LogP contribution in [-0.4, -0.2) is 37.6 Å². The van der Waals surface area contributed by atoms with Crippen LogP contribution in [0.5, 0.6) is 0 Å². The molecular formula is C13H19ClN2O2S. The molecule has 1 aromatic rings. The molecule has 2 rings (SSSR count). The molecule has 4 nitrogen and oxygen atoms in total. The molecule has 1 atom stereocenters. The van der Waals surface area contributed by atoms with Crippen molar-refractivity contribution in [2.24, 2.45) is 5.73 Å². The second kappa shape index (κ2) is 6.22. The first-order valence-corrected chi connectivity index (χ1v) is 8.44. The molecular weight excluding hydrogens is 284 g/mol. The summed E-state index contributed by atoms with van der Waals surface area (Å²) in [6, 6.07) is 7.28. The minimum Gasteiger partial charge on any atom is -0.327 e.